The number of aryl methyl sites for hydroxylation is 1. The first-order valence-corrected chi connectivity index (χ1v) is 6.60. The van der Waals surface area contributed by atoms with Crippen molar-refractivity contribution in [2.75, 3.05) is 0 Å². The highest BCUT2D eigenvalue weighted by Gasteiger charge is 2.14. The largest absolute Gasteiger partial charge is 0.318 e. The van der Waals surface area contributed by atoms with Gasteiger partial charge in [0.25, 0.3) is 0 Å². The van der Waals surface area contributed by atoms with Gasteiger partial charge in [-0.2, -0.15) is 10.9 Å². The monoisotopic (exact) mass is 315 g/mol. The Balaban J connectivity index is 3.02. The van der Waals surface area contributed by atoms with Crippen LogP contribution in [0.25, 0.3) is 0 Å². The second-order valence-electron chi connectivity index (χ2n) is 2.40. The number of benzene rings is 1. The van der Waals surface area contributed by atoms with E-state index in [2.05, 4.69) is 2.51 Å². The fourth-order valence-corrected chi connectivity index (χ4v) is 2.65. The normalized spacial score (nSPS) is 11.5. The van der Waals surface area contributed by atoms with Crippen LogP contribution in [0.15, 0.2) is 29.2 Å². The molecule has 0 aliphatic heterocycles. The molecule has 1 rings (SSSR count). The van der Waals surface area contributed by atoms with Gasteiger partial charge in [-0.3, -0.25) is 0 Å². The highest BCUT2D eigenvalue weighted by Crippen LogP contribution is 2.19. The van der Waals surface area contributed by atoms with Crippen molar-refractivity contribution in [1.29, 1.82) is 0 Å². The fourth-order valence-electron chi connectivity index (χ4n) is 0.778. The second-order valence-corrected chi connectivity index (χ2v) is 5.38. The van der Waals surface area contributed by atoms with Crippen molar-refractivity contribution in [3.63, 3.8) is 0 Å². The van der Waals surface area contributed by atoms with Crippen LogP contribution >= 0.6 is 22.0 Å². The lowest BCUT2D eigenvalue weighted by atomic mass is 10.2. The predicted molar refractivity (Wildman–Crippen MR) is 55.7 cm³/mol. The molecule has 0 atom stereocenters. The number of rotatable bonds is 3. The molecule has 0 aliphatic carbocycles. The molecule has 0 bridgehead atoms. The second kappa shape index (κ2) is 4.36. The molecule has 1 N–H and O–H groups in total. The number of hydrogen-bond acceptors (Lipinski definition) is 4. The van der Waals surface area contributed by atoms with E-state index in [0.717, 1.165) is 5.56 Å². The minimum Gasteiger partial charge on any atom is -0.318 e. The molecule has 73 valence electrons. The van der Waals surface area contributed by atoms with E-state index in [1.54, 1.807) is 12.1 Å². The van der Waals surface area contributed by atoms with E-state index in [9.17, 15) is 8.42 Å². The van der Waals surface area contributed by atoms with Gasteiger partial charge in [0, 0.05) is 0 Å². The average molecular weight is 315 g/mol. The Bertz CT molecular complexity index is 370. The first-order valence-electron chi connectivity index (χ1n) is 3.35. The van der Waals surface area contributed by atoms with Crippen LogP contribution in [-0.2, 0) is 12.6 Å². The van der Waals surface area contributed by atoms with Crippen LogP contribution < -0.4 is 0 Å². The molecule has 1 radical (unpaired) electrons. The van der Waals surface area contributed by atoms with E-state index in [1.165, 1.54) is 12.1 Å². The van der Waals surface area contributed by atoms with Gasteiger partial charge in [0.15, 0.2) is 0 Å². The van der Waals surface area contributed by atoms with Gasteiger partial charge in [-0.05, 0) is 19.1 Å². The predicted octanol–water partition coefficient (Wildman–Crippen LogP) is 1.49. The third-order valence-corrected chi connectivity index (χ3v) is 4.40. The maximum atomic E-state index is 11.2. The Morgan fingerprint density at radius 3 is 2.31 bits per heavy atom. The van der Waals surface area contributed by atoms with Crippen molar-refractivity contribution in [2.45, 2.75) is 11.8 Å². The Hall–Kier alpha value is -0.180. The molecular weight excluding hydrogens is 307 g/mol. The average Bonchev–Trinajstić information content (AvgIpc) is 2.05. The van der Waals surface area contributed by atoms with Crippen LogP contribution in [0.1, 0.15) is 5.56 Å². The molecule has 13 heavy (non-hydrogen) atoms. The van der Waals surface area contributed by atoms with Gasteiger partial charge < -0.3 is 3.44 Å². The first-order chi connectivity index (χ1) is 6.06. The van der Waals surface area contributed by atoms with Gasteiger partial charge in [-0.25, -0.2) is 0 Å². The zero-order valence-corrected chi connectivity index (χ0v) is 9.74. The SMILES string of the molecule is Cc1ccc(S(=O)(=O)O[I]O)cc1. The van der Waals surface area contributed by atoms with Crippen molar-refractivity contribution in [2.24, 2.45) is 0 Å². The lowest BCUT2D eigenvalue weighted by molar-refractivity contribution is 0.532. The quantitative estimate of drug-likeness (QED) is 0.859. The summed E-state index contributed by atoms with van der Waals surface area (Å²) in [6, 6.07) is 6.24. The van der Waals surface area contributed by atoms with E-state index in [0.29, 0.717) is 0 Å². The molecule has 0 aromatic heterocycles. The lowest BCUT2D eigenvalue weighted by Gasteiger charge is -2.00. The molecule has 0 fully saturated rings. The van der Waals surface area contributed by atoms with Gasteiger partial charge in [-0.1, -0.05) is 17.7 Å². The molecular formula is C7H8IO4S. The minimum absolute atomic E-state index is 0.0758. The van der Waals surface area contributed by atoms with Crippen LogP contribution in [0.5, 0.6) is 0 Å². The Labute approximate surface area is 88.0 Å². The van der Waals surface area contributed by atoms with E-state index in [-0.39, 0.29) is 4.90 Å². The minimum atomic E-state index is -3.73. The summed E-state index contributed by atoms with van der Waals surface area (Å²) in [7, 11) is -3.73. The molecule has 1 aromatic rings. The van der Waals surface area contributed by atoms with Crippen LogP contribution in [-0.4, -0.2) is 11.9 Å². The molecule has 0 spiro atoms. The maximum absolute atomic E-state index is 11.2. The zero-order chi connectivity index (χ0) is 9.90. The summed E-state index contributed by atoms with van der Waals surface area (Å²) in [6.45, 7) is 1.86. The smallest absolute Gasteiger partial charge is 0.307 e. The third-order valence-electron chi connectivity index (χ3n) is 1.42. The van der Waals surface area contributed by atoms with Crippen molar-refractivity contribution >= 4 is 32.2 Å². The third kappa shape index (κ3) is 2.90. The summed E-state index contributed by atoms with van der Waals surface area (Å²) in [5, 5.41) is 0. The lowest BCUT2D eigenvalue weighted by Crippen LogP contribution is -2.00. The topological polar surface area (TPSA) is 63.6 Å². The van der Waals surface area contributed by atoms with Gasteiger partial charge >= 0.3 is 10.1 Å². The van der Waals surface area contributed by atoms with Gasteiger partial charge in [-0.15, -0.1) is 0 Å². The number of halogens is 1. The van der Waals surface area contributed by atoms with Crippen LogP contribution in [0.4, 0.5) is 0 Å². The summed E-state index contributed by atoms with van der Waals surface area (Å²) >= 11 is -1.70. The highest BCUT2D eigenvalue weighted by atomic mass is 127. The van der Waals surface area contributed by atoms with E-state index < -0.39 is 32.2 Å². The summed E-state index contributed by atoms with van der Waals surface area (Å²) in [5.41, 5.74) is 0.970. The Kier molecular flexibility index (Phi) is 3.65. The zero-order valence-electron chi connectivity index (χ0n) is 6.77. The van der Waals surface area contributed by atoms with E-state index in [1.807, 2.05) is 6.92 Å². The van der Waals surface area contributed by atoms with Crippen LogP contribution in [0.3, 0.4) is 0 Å². The molecule has 0 saturated heterocycles. The Morgan fingerprint density at radius 2 is 1.85 bits per heavy atom. The molecule has 0 saturated carbocycles. The molecule has 4 nitrogen and oxygen atoms in total. The maximum Gasteiger partial charge on any atom is 0.307 e. The molecule has 1 aromatic carbocycles. The van der Waals surface area contributed by atoms with E-state index >= 15 is 0 Å². The van der Waals surface area contributed by atoms with Crippen LogP contribution in [0, 0.1) is 6.92 Å². The van der Waals surface area contributed by atoms with E-state index in [4.69, 9.17) is 3.44 Å². The summed E-state index contributed by atoms with van der Waals surface area (Å²) < 4.78 is 35.1. The molecule has 0 amide bonds. The first kappa shape index (κ1) is 10.9. The van der Waals surface area contributed by atoms with Crippen molar-refractivity contribution < 1.29 is 14.4 Å². The van der Waals surface area contributed by atoms with Crippen molar-refractivity contribution in [1.82, 2.24) is 0 Å². The van der Waals surface area contributed by atoms with Crippen molar-refractivity contribution in [3.05, 3.63) is 29.8 Å². The van der Waals surface area contributed by atoms with Crippen LogP contribution in [0.2, 0.25) is 0 Å². The van der Waals surface area contributed by atoms with Gasteiger partial charge in [0.1, 0.15) is 0 Å². The van der Waals surface area contributed by atoms with Gasteiger partial charge in [0.2, 0.25) is 22.0 Å². The highest BCUT2D eigenvalue weighted by molar-refractivity contribution is 14.2. The summed E-state index contributed by atoms with van der Waals surface area (Å²) in [4.78, 5) is 0.0758. The summed E-state index contributed by atoms with van der Waals surface area (Å²) in [6.07, 6.45) is 0. The molecule has 0 aliphatic rings. The standard InChI is InChI=1S/C7H8IO4S/c1-6-2-4-7(5-3-6)13(10,11)12-8-9/h2-5,9H,1H3. The molecule has 0 heterocycles. The summed E-state index contributed by atoms with van der Waals surface area (Å²) in [5.74, 6) is 0. The van der Waals surface area contributed by atoms with Crippen molar-refractivity contribution in [3.8, 4) is 0 Å². The molecule has 6 heteroatoms. The number of hydrogen-bond donors (Lipinski definition) is 1. The molecule has 0 unspecified atom stereocenters. The Morgan fingerprint density at radius 1 is 1.31 bits per heavy atom. The fraction of sp³-hybridized carbons (Fsp3) is 0.143. The van der Waals surface area contributed by atoms with Gasteiger partial charge in [0.05, 0.1) is 4.90 Å².